The molecule has 1 aromatic rings. The Kier molecular flexibility index (Phi) is 7.01. The van der Waals surface area contributed by atoms with E-state index in [-0.39, 0.29) is 25.1 Å². The third-order valence-electron chi connectivity index (χ3n) is 1.91. The number of benzene rings is 1. The summed E-state index contributed by atoms with van der Waals surface area (Å²) in [6.45, 7) is 0.0444. The van der Waals surface area contributed by atoms with Crippen LogP contribution in [-0.4, -0.2) is 24.0 Å². The smallest absolute Gasteiger partial charge is 0.0585 e. The first-order valence-corrected chi connectivity index (χ1v) is 5.48. The lowest BCUT2D eigenvalue weighted by molar-refractivity contribution is 0.265. The summed E-state index contributed by atoms with van der Waals surface area (Å²) in [6.07, 6.45) is 2.79. The quantitative estimate of drug-likeness (QED) is 0.779. The molecule has 0 radical (unpaired) electrons. The molecule has 0 bridgehead atoms. The lowest BCUT2D eigenvalue weighted by Gasteiger charge is -2.10. The third kappa shape index (κ3) is 3.88. The third-order valence-corrected chi connectivity index (χ3v) is 2.75. The number of hydrogen-bond acceptors (Lipinski definition) is 3. The van der Waals surface area contributed by atoms with Crippen LogP contribution in [0.5, 0.6) is 0 Å². The second-order valence-electron chi connectivity index (χ2n) is 2.96. The number of rotatable bonds is 4. The molecule has 1 atom stereocenters. The fraction of sp³-hybridized carbons (Fsp3) is 0.400. The molecule has 14 heavy (non-hydrogen) atoms. The maximum Gasteiger partial charge on any atom is 0.0585 e. The molecule has 0 saturated carbocycles. The Hall–Kier alpha value is -0.220. The lowest BCUT2D eigenvalue weighted by atomic mass is 10.1. The molecule has 1 unspecified atom stereocenters. The molecule has 0 aliphatic rings. The minimum atomic E-state index is -0.145. The highest BCUT2D eigenvalue weighted by molar-refractivity contribution is 7.98. The summed E-state index contributed by atoms with van der Waals surface area (Å²) in [5.41, 5.74) is 6.89. The molecule has 0 saturated heterocycles. The maximum atomic E-state index is 8.83. The van der Waals surface area contributed by atoms with Crippen molar-refractivity contribution in [3.63, 3.8) is 0 Å². The van der Waals surface area contributed by atoms with E-state index in [2.05, 4.69) is 12.1 Å². The number of aliphatic hydroxyl groups excluding tert-OH is 1. The van der Waals surface area contributed by atoms with Gasteiger partial charge in [-0.1, -0.05) is 18.2 Å². The minimum absolute atomic E-state index is 0. The summed E-state index contributed by atoms with van der Waals surface area (Å²) in [7, 11) is 0. The van der Waals surface area contributed by atoms with Crippen LogP contribution in [0.3, 0.4) is 0 Å². The largest absolute Gasteiger partial charge is 0.395 e. The van der Waals surface area contributed by atoms with Crippen LogP contribution in [0.1, 0.15) is 5.56 Å². The first-order valence-electron chi connectivity index (χ1n) is 4.26. The molecule has 0 aliphatic carbocycles. The van der Waals surface area contributed by atoms with Gasteiger partial charge in [0.2, 0.25) is 0 Å². The first-order chi connectivity index (χ1) is 6.27. The van der Waals surface area contributed by atoms with Gasteiger partial charge in [-0.15, -0.1) is 24.2 Å². The number of halogens is 1. The number of thioether (sulfide) groups is 1. The fourth-order valence-electron chi connectivity index (χ4n) is 1.22. The zero-order valence-corrected chi connectivity index (χ0v) is 9.78. The predicted molar refractivity (Wildman–Crippen MR) is 64.2 cm³/mol. The Balaban J connectivity index is 0.00000169. The molecular formula is C10H16ClNOS. The van der Waals surface area contributed by atoms with Crippen LogP contribution in [-0.2, 0) is 6.42 Å². The highest BCUT2D eigenvalue weighted by Crippen LogP contribution is 2.20. The Morgan fingerprint density at radius 2 is 2.07 bits per heavy atom. The van der Waals surface area contributed by atoms with Crippen molar-refractivity contribution in [2.24, 2.45) is 5.73 Å². The van der Waals surface area contributed by atoms with E-state index in [0.717, 1.165) is 6.42 Å². The van der Waals surface area contributed by atoms with Crippen molar-refractivity contribution in [2.75, 3.05) is 12.9 Å². The molecular weight excluding hydrogens is 218 g/mol. The molecule has 0 heterocycles. The van der Waals surface area contributed by atoms with Crippen molar-refractivity contribution in [3.8, 4) is 0 Å². The molecule has 0 amide bonds. The van der Waals surface area contributed by atoms with E-state index in [1.807, 2.05) is 18.4 Å². The Morgan fingerprint density at radius 1 is 1.43 bits per heavy atom. The molecule has 0 fully saturated rings. The summed E-state index contributed by atoms with van der Waals surface area (Å²) < 4.78 is 0. The van der Waals surface area contributed by atoms with Gasteiger partial charge in [0, 0.05) is 10.9 Å². The van der Waals surface area contributed by atoms with Crippen molar-refractivity contribution in [2.45, 2.75) is 17.4 Å². The van der Waals surface area contributed by atoms with Crippen molar-refractivity contribution in [1.29, 1.82) is 0 Å². The molecule has 0 aliphatic heterocycles. The van der Waals surface area contributed by atoms with E-state index in [1.54, 1.807) is 11.8 Å². The molecule has 0 spiro atoms. The van der Waals surface area contributed by atoms with Gasteiger partial charge in [-0.25, -0.2) is 0 Å². The van der Waals surface area contributed by atoms with Crippen LogP contribution >= 0.6 is 24.2 Å². The van der Waals surface area contributed by atoms with Gasteiger partial charge < -0.3 is 10.8 Å². The highest BCUT2D eigenvalue weighted by Gasteiger charge is 2.05. The van der Waals surface area contributed by atoms with E-state index in [0.29, 0.717) is 0 Å². The van der Waals surface area contributed by atoms with Gasteiger partial charge in [0.1, 0.15) is 0 Å². The van der Waals surface area contributed by atoms with Gasteiger partial charge >= 0.3 is 0 Å². The normalized spacial score (nSPS) is 11.9. The number of hydrogen-bond donors (Lipinski definition) is 2. The summed E-state index contributed by atoms with van der Waals surface area (Å²) in [4.78, 5) is 1.24. The Labute approximate surface area is 95.3 Å². The molecule has 1 rings (SSSR count). The zero-order valence-electron chi connectivity index (χ0n) is 8.14. The van der Waals surface area contributed by atoms with Crippen LogP contribution in [0, 0.1) is 0 Å². The van der Waals surface area contributed by atoms with E-state index < -0.39 is 0 Å². The van der Waals surface area contributed by atoms with E-state index in [4.69, 9.17) is 10.8 Å². The SMILES string of the molecule is CSc1ccccc1CC(N)CO.Cl. The minimum Gasteiger partial charge on any atom is -0.395 e. The molecule has 0 aromatic heterocycles. The summed E-state index contributed by atoms with van der Waals surface area (Å²) >= 11 is 1.71. The molecule has 2 nitrogen and oxygen atoms in total. The Bertz CT molecular complexity index is 270. The van der Waals surface area contributed by atoms with Gasteiger partial charge in [-0.05, 0) is 24.3 Å². The monoisotopic (exact) mass is 233 g/mol. The van der Waals surface area contributed by atoms with Gasteiger partial charge in [-0.3, -0.25) is 0 Å². The molecule has 1 aromatic carbocycles. The second-order valence-corrected chi connectivity index (χ2v) is 3.81. The topological polar surface area (TPSA) is 46.2 Å². The molecule has 80 valence electrons. The first kappa shape index (κ1) is 13.8. The molecule has 3 N–H and O–H groups in total. The summed E-state index contributed by atoms with van der Waals surface area (Å²) in [6, 6.07) is 8.00. The number of nitrogens with two attached hydrogens (primary N) is 1. The van der Waals surface area contributed by atoms with Crippen molar-refractivity contribution in [1.82, 2.24) is 0 Å². The summed E-state index contributed by atoms with van der Waals surface area (Å²) in [5.74, 6) is 0. The van der Waals surface area contributed by atoms with Crippen molar-refractivity contribution in [3.05, 3.63) is 29.8 Å². The average Bonchev–Trinajstić information content (AvgIpc) is 2.18. The van der Waals surface area contributed by atoms with Gasteiger partial charge in [0.15, 0.2) is 0 Å². The van der Waals surface area contributed by atoms with Crippen LogP contribution in [0.2, 0.25) is 0 Å². The predicted octanol–water partition coefficient (Wildman–Crippen LogP) is 1.69. The summed E-state index contributed by atoms with van der Waals surface area (Å²) in [5, 5.41) is 8.83. The van der Waals surface area contributed by atoms with Crippen LogP contribution < -0.4 is 5.73 Å². The van der Waals surface area contributed by atoms with Gasteiger partial charge in [-0.2, -0.15) is 0 Å². The van der Waals surface area contributed by atoms with E-state index >= 15 is 0 Å². The maximum absolute atomic E-state index is 8.83. The van der Waals surface area contributed by atoms with Crippen molar-refractivity contribution < 1.29 is 5.11 Å². The molecule has 4 heteroatoms. The average molecular weight is 234 g/mol. The number of aliphatic hydroxyl groups is 1. The van der Waals surface area contributed by atoms with Crippen LogP contribution in [0.15, 0.2) is 29.2 Å². The second kappa shape index (κ2) is 7.12. The van der Waals surface area contributed by atoms with Crippen molar-refractivity contribution >= 4 is 24.2 Å². The van der Waals surface area contributed by atoms with E-state index in [1.165, 1.54) is 10.5 Å². The van der Waals surface area contributed by atoms with Crippen LogP contribution in [0.25, 0.3) is 0 Å². The lowest BCUT2D eigenvalue weighted by Crippen LogP contribution is -2.27. The van der Waals surface area contributed by atoms with Crippen LogP contribution in [0.4, 0.5) is 0 Å². The standard InChI is InChI=1S/C10H15NOS.ClH/c1-13-10-5-3-2-4-8(10)6-9(11)7-12;/h2-5,9,12H,6-7,11H2,1H3;1H. The van der Waals surface area contributed by atoms with E-state index in [9.17, 15) is 0 Å². The highest BCUT2D eigenvalue weighted by atomic mass is 35.5. The Morgan fingerprint density at radius 3 is 2.64 bits per heavy atom. The fourth-order valence-corrected chi connectivity index (χ4v) is 1.85. The zero-order chi connectivity index (χ0) is 9.68. The van der Waals surface area contributed by atoms with Gasteiger partial charge in [0.25, 0.3) is 0 Å². The van der Waals surface area contributed by atoms with Gasteiger partial charge in [0.05, 0.1) is 6.61 Å².